The Balaban J connectivity index is 1.93. The number of halogens is 4. The van der Waals surface area contributed by atoms with Crippen molar-refractivity contribution in [2.45, 2.75) is 18.0 Å². The minimum absolute atomic E-state index is 0.122. The van der Waals surface area contributed by atoms with Crippen molar-refractivity contribution in [1.82, 2.24) is 4.72 Å². The van der Waals surface area contributed by atoms with Crippen molar-refractivity contribution >= 4 is 38.8 Å². The number of nitrogens with one attached hydrogen (secondary N) is 1. The monoisotopic (exact) mass is 512 g/mol. The number of hydrogen-bond acceptors (Lipinski definition) is 5. The lowest BCUT2D eigenvalue weighted by Crippen LogP contribution is -2.31. The van der Waals surface area contributed by atoms with Gasteiger partial charge in [0.2, 0.25) is 0 Å². The van der Waals surface area contributed by atoms with Gasteiger partial charge < -0.3 is 4.74 Å². The molecule has 1 amide bonds. The van der Waals surface area contributed by atoms with Crippen LogP contribution in [0.15, 0.2) is 65.6 Å². The molecule has 0 heterocycles. The molecule has 0 aliphatic rings. The van der Waals surface area contributed by atoms with Gasteiger partial charge in [-0.25, -0.2) is 4.21 Å². The van der Waals surface area contributed by atoms with Gasteiger partial charge in [0.15, 0.2) is 0 Å². The molecule has 12 heteroatoms. The van der Waals surface area contributed by atoms with Crippen LogP contribution in [0.2, 0.25) is 5.02 Å². The molecule has 3 rings (SSSR count). The molecule has 0 aromatic heterocycles. The maximum Gasteiger partial charge on any atom is 0.416 e. The van der Waals surface area contributed by atoms with Gasteiger partial charge in [-0.3, -0.25) is 19.6 Å². The molecule has 1 unspecified atom stereocenters. The molecule has 0 bridgehead atoms. The van der Waals surface area contributed by atoms with Gasteiger partial charge in [0, 0.05) is 17.0 Å². The highest BCUT2D eigenvalue weighted by Gasteiger charge is 2.31. The first-order valence-corrected chi connectivity index (χ1v) is 11.5. The molecule has 0 saturated carbocycles. The molecule has 0 fully saturated rings. The fraction of sp³-hybridized carbons (Fsp3) is 0.0909. The molecule has 1 N–H and O–H groups in total. The lowest BCUT2D eigenvalue weighted by atomic mass is 10.1. The third-order valence-electron chi connectivity index (χ3n) is 4.56. The van der Waals surface area contributed by atoms with Crippen LogP contribution in [-0.4, -0.2) is 20.9 Å². The van der Waals surface area contributed by atoms with E-state index in [0.29, 0.717) is 6.07 Å². The number of rotatable bonds is 6. The Kier molecular flexibility index (Phi) is 6.89. The summed E-state index contributed by atoms with van der Waals surface area (Å²) in [5.74, 6) is 2.17. The summed E-state index contributed by atoms with van der Waals surface area (Å²) in [7, 11) is -3.35. The minimum Gasteiger partial charge on any atom is -0.456 e. The van der Waals surface area contributed by atoms with Crippen molar-refractivity contribution in [3.05, 3.63) is 92.5 Å². The predicted octanol–water partition coefficient (Wildman–Crippen LogP) is 5.79. The summed E-state index contributed by atoms with van der Waals surface area (Å²) in [4.78, 5) is 23.6. The maximum absolute atomic E-state index is 12.9. The first kappa shape index (κ1) is 25.1. The van der Waals surface area contributed by atoms with Crippen molar-refractivity contribution in [2.24, 2.45) is 0 Å². The van der Waals surface area contributed by atoms with Crippen LogP contribution in [-0.2, 0) is 15.9 Å². The zero-order valence-electron chi connectivity index (χ0n) is 17.4. The number of amides is 1. The van der Waals surface area contributed by atoms with Crippen molar-refractivity contribution in [1.29, 1.82) is 0 Å². The van der Waals surface area contributed by atoms with Crippen molar-refractivity contribution in [3.8, 4) is 11.5 Å². The van der Waals surface area contributed by atoms with Crippen molar-refractivity contribution in [2.75, 3.05) is 0 Å². The Morgan fingerprint density at radius 1 is 1.12 bits per heavy atom. The van der Waals surface area contributed by atoms with E-state index in [2.05, 4.69) is 10.6 Å². The minimum atomic E-state index is -4.61. The molecule has 0 aliphatic carbocycles. The summed E-state index contributed by atoms with van der Waals surface area (Å²) in [6.07, 6.45) is -4.61. The average Bonchev–Trinajstić information content (AvgIpc) is 2.74. The lowest BCUT2D eigenvalue weighted by Gasteiger charge is -2.14. The van der Waals surface area contributed by atoms with Crippen LogP contribution in [0.25, 0.3) is 0 Å². The number of nitro groups is 1. The number of carbonyl (C=O) groups excluding carboxylic acids is 1. The van der Waals surface area contributed by atoms with E-state index in [9.17, 15) is 32.3 Å². The fourth-order valence-electron chi connectivity index (χ4n) is 2.83. The molecule has 178 valence electrons. The molecular formula is C22H16ClF3N2O5S. The smallest absolute Gasteiger partial charge is 0.416 e. The Morgan fingerprint density at radius 3 is 2.32 bits per heavy atom. The zero-order valence-corrected chi connectivity index (χ0v) is 19.0. The number of ether oxygens (including phenoxy) is 1. The summed E-state index contributed by atoms with van der Waals surface area (Å²) in [6, 6.07) is 11.8. The van der Waals surface area contributed by atoms with Gasteiger partial charge in [-0.05, 0) is 49.2 Å². The van der Waals surface area contributed by atoms with Gasteiger partial charge in [-0.2, -0.15) is 13.2 Å². The SMILES string of the molecule is C=S(=O)(NC(=O)c1cc(Oc2ccc(C(F)(F)F)cc2Cl)ccc1[N+](=O)[O-])c1ccc(C)cc1. The van der Waals surface area contributed by atoms with E-state index in [1.807, 2.05) is 6.92 Å². The first-order valence-electron chi connectivity index (χ1n) is 9.37. The Bertz CT molecular complexity index is 1370. The van der Waals surface area contributed by atoms with Crippen LogP contribution in [0.3, 0.4) is 0 Å². The Labute approximate surface area is 197 Å². The topological polar surface area (TPSA) is 98.5 Å². The highest BCUT2D eigenvalue weighted by atomic mass is 35.5. The molecule has 3 aromatic carbocycles. The van der Waals surface area contributed by atoms with Crippen LogP contribution in [0.1, 0.15) is 21.5 Å². The summed E-state index contributed by atoms with van der Waals surface area (Å²) in [5, 5.41) is 11.1. The van der Waals surface area contributed by atoms with E-state index in [1.165, 1.54) is 12.1 Å². The number of hydrogen-bond donors (Lipinski definition) is 1. The number of benzene rings is 3. The Morgan fingerprint density at radius 2 is 1.76 bits per heavy atom. The summed E-state index contributed by atoms with van der Waals surface area (Å²) < 4.78 is 59.1. The second-order valence-electron chi connectivity index (χ2n) is 7.10. The number of aryl methyl sites for hydroxylation is 1. The summed E-state index contributed by atoms with van der Waals surface area (Å²) in [6.45, 7) is 1.81. The van der Waals surface area contributed by atoms with E-state index in [1.54, 1.807) is 12.1 Å². The quantitative estimate of drug-likeness (QED) is 0.256. The van der Waals surface area contributed by atoms with Crippen LogP contribution in [0.4, 0.5) is 18.9 Å². The highest BCUT2D eigenvalue weighted by Crippen LogP contribution is 2.37. The van der Waals surface area contributed by atoms with Gasteiger partial charge in [-0.15, -0.1) is 0 Å². The molecule has 3 aromatic rings. The summed E-state index contributed by atoms with van der Waals surface area (Å²) in [5.41, 5.74) is -1.21. The molecule has 0 aliphatic heterocycles. The first-order chi connectivity index (χ1) is 15.8. The molecule has 0 saturated heterocycles. The second-order valence-corrected chi connectivity index (χ2v) is 9.53. The molecular weight excluding hydrogens is 497 g/mol. The van der Waals surface area contributed by atoms with Crippen molar-refractivity contribution < 1.29 is 31.8 Å². The van der Waals surface area contributed by atoms with Crippen molar-refractivity contribution in [3.63, 3.8) is 0 Å². The van der Waals surface area contributed by atoms with E-state index in [-0.39, 0.29) is 21.4 Å². The van der Waals surface area contributed by atoms with Gasteiger partial charge >= 0.3 is 6.18 Å². The lowest BCUT2D eigenvalue weighted by molar-refractivity contribution is -0.385. The third kappa shape index (κ3) is 5.67. The average molecular weight is 513 g/mol. The van der Waals surface area contributed by atoms with Crippen LogP contribution in [0, 0.1) is 17.0 Å². The second kappa shape index (κ2) is 9.35. The van der Waals surface area contributed by atoms with Gasteiger partial charge in [0.1, 0.15) is 17.1 Å². The van der Waals surface area contributed by atoms with Crippen LogP contribution < -0.4 is 9.46 Å². The molecule has 34 heavy (non-hydrogen) atoms. The standard InChI is InChI=1S/C22H16ClF3N2O5S/c1-13-3-7-16(8-4-13)34(2,32)27-21(29)17-12-15(6-9-19(17)28(30)31)33-20-10-5-14(11-18(20)23)22(24,25)26/h3-12H,2H2,1H3,(H,27,29,32). The van der Waals surface area contributed by atoms with Gasteiger partial charge in [0.25, 0.3) is 11.6 Å². The number of nitro benzene ring substituents is 1. The molecule has 7 nitrogen and oxygen atoms in total. The largest absolute Gasteiger partial charge is 0.456 e. The third-order valence-corrected chi connectivity index (χ3v) is 6.40. The molecule has 0 spiro atoms. The number of alkyl halides is 3. The number of carbonyl (C=O) groups is 1. The van der Waals surface area contributed by atoms with E-state index < -0.39 is 43.5 Å². The highest BCUT2D eigenvalue weighted by molar-refractivity contribution is 7.99. The van der Waals surface area contributed by atoms with Crippen LogP contribution >= 0.6 is 11.6 Å². The molecule has 1 atom stereocenters. The van der Waals surface area contributed by atoms with Gasteiger partial charge in [-0.1, -0.05) is 29.3 Å². The zero-order chi connectivity index (χ0) is 25.3. The van der Waals surface area contributed by atoms with Crippen LogP contribution in [0.5, 0.6) is 11.5 Å². The Hall–Kier alpha value is -3.57. The van der Waals surface area contributed by atoms with E-state index in [0.717, 1.165) is 35.9 Å². The normalized spacial score (nSPS) is 13.1. The number of nitrogens with zero attached hydrogens (tertiary/aromatic N) is 1. The predicted molar refractivity (Wildman–Crippen MR) is 122 cm³/mol. The molecule has 0 radical (unpaired) electrons. The maximum atomic E-state index is 12.9. The van der Waals surface area contributed by atoms with E-state index >= 15 is 0 Å². The summed E-state index contributed by atoms with van der Waals surface area (Å²) >= 11 is 5.88. The van der Waals surface area contributed by atoms with Gasteiger partial charge in [0.05, 0.1) is 25.2 Å². The van der Waals surface area contributed by atoms with E-state index in [4.69, 9.17) is 16.3 Å². The fourth-order valence-corrected chi connectivity index (χ4v) is 4.15.